The van der Waals surface area contributed by atoms with Gasteiger partial charge in [-0.3, -0.25) is 19.9 Å². The lowest BCUT2D eigenvalue weighted by molar-refractivity contribution is -0.143. The van der Waals surface area contributed by atoms with Crippen molar-refractivity contribution in [2.75, 3.05) is 6.61 Å². The number of fused-ring (bicyclic) bond motifs is 1. The van der Waals surface area contributed by atoms with Gasteiger partial charge >= 0.3 is 5.97 Å². The van der Waals surface area contributed by atoms with Gasteiger partial charge in [0.2, 0.25) is 5.91 Å². The second-order valence-electron chi connectivity index (χ2n) is 5.64. The van der Waals surface area contributed by atoms with E-state index < -0.39 is 17.9 Å². The van der Waals surface area contributed by atoms with Crippen LogP contribution in [0, 0.1) is 5.92 Å². The number of rotatable bonds is 3. The SMILES string of the molecule is CCOC(=O)C1=NN[C@@H]2C(=O)N(C3CCCCC3)C(=O)[C@H]12. The maximum absolute atomic E-state index is 12.6. The smallest absolute Gasteiger partial charge is 0.355 e. The molecule has 0 unspecified atom stereocenters. The Labute approximate surface area is 122 Å². The lowest BCUT2D eigenvalue weighted by Crippen LogP contribution is -2.44. The summed E-state index contributed by atoms with van der Waals surface area (Å²) >= 11 is 0. The average molecular weight is 293 g/mol. The molecule has 1 aliphatic carbocycles. The lowest BCUT2D eigenvalue weighted by atomic mass is 9.94. The number of hydrazone groups is 1. The molecule has 1 saturated heterocycles. The Morgan fingerprint density at radius 2 is 2.00 bits per heavy atom. The molecule has 2 fully saturated rings. The minimum atomic E-state index is -0.821. The number of esters is 1. The van der Waals surface area contributed by atoms with Gasteiger partial charge < -0.3 is 4.74 Å². The number of hydrogen-bond acceptors (Lipinski definition) is 6. The van der Waals surface area contributed by atoms with E-state index in [1.807, 2.05) is 0 Å². The fourth-order valence-corrected chi connectivity index (χ4v) is 3.38. The first kappa shape index (κ1) is 14.0. The topological polar surface area (TPSA) is 88.1 Å². The zero-order chi connectivity index (χ0) is 15.0. The Morgan fingerprint density at radius 1 is 1.29 bits per heavy atom. The summed E-state index contributed by atoms with van der Waals surface area (Å²) in [6.07, 6.45) is 4.91. The van der Waals surface area contributed by atoms with Crippen molar-refractivity contribution in [1.29, 1.82) is 0 Å². The highest BCUT2D eigenvalue weighted by Crippen LogP contribution is 2.32. The normalized spacial score (nSPS) is 29.2. The van der Waals surface area contributed by atoms with Crippen LogP contribution in [0.3, 0.4) is 0 Å². The van der Waals surface area contributed by atoms with E-state index >= 15 is 0 Å². The van der Waals surface area contributed by atoms with Crippen LogP contribution in [0.15, 0.2) is 5.10 Å². The summed E-state index contributed by atoms with van der Waals surface area (Å²) in [5.74, 6) is -2.02. The number of carbonyl (C=O) groups excluding carboxylic acids is 3. The van der Waals surface area contributed by atoms with Crippen LogP contribution in [0.2, 0.25) is 0 Å². The first-order valence-corrected chi connectivity index (χ1v) is 7.52. The van der Waals surface area contributed by atoms with E-state index in [9.17, 15) is 14.4 Å². The summed E-state index contributed by atoms with van der Waals surface area (Å²) in [5, 5.41) is 3.84. The molecular formula is C14H19N3O4. The third kappa shape index (κ3) is 2.20. The standard InChI is InChI=1S/C14H19N3O4/c1-2-21-14(20)11-9-10(15-16-11)13(19)17(12(9)18)8-6-4-3-5-7-8/h8-10,15H,2-7H2,1H3/t9-,10-/m0/s1. The van der Waals surface area contributed by atoms with Crippen LogP contribution in [-0.4, -0.2) is 47.1 Å². The van der Waals surface area contributed by atoms with Crippen LogP contribution in [0.25, 0.3) is 0 Å². The van der Waals surface area contributed by atoms with Crippen LogP contribution in [0.4, 0.5) is 0 Å². The van der Waals surface area contributed by atoms with E-state index in [1.54, 1.807) is 6.92 Å². The number of imide groups is 1. The number of nitrogens with zero attached hydrogens (tertiary/aromatic N) is 2. The predicted octanol–water partition coefficient (Wildman–Crippen LogP) is 0.195. The molecule has 114 valence electrons. The molecule has 0 radical (unpaired) electrons. The molecule has 3 aliphatic rings. The monoisotopic (exact) mass is 293 g/mol. The summed E-state index contributed by atoms with van der Waals surface area (Å²) in [4.78, 5) is 38.2. The van der Waals surface area contributed by atoms with Gasteiger partial charge in [-0.25, -0.2) is 4.79 Å². The molecule has 2 aliphatic heterocycles. The summed E-state index contributed by atoms with van der Waals surface area (Å²) in [6.45, 7) is 1.90. The van der Waals surface area contributed by atoms with Crippen molar-refractivity contribution in [2.24, 2.45) is 11.0 Å². The van der Waals surface area contributed by atoms with Gasteiger partial charge in [0, 0.05) is 6.04 Å². The predicted molar refractivity (Wildman–Crippen MR) is 73.2 cm³/mol. The van der Waals surface area contributed by atoms with Crippen molar-refractivity contribution < 1.29 is 19.1 Å². The number of carbonyl (C=O) groups is 3. The highest BCUT2D eigenvalue weighted by atomic mass is 16.5. The second kappa shape index (κ2) is 5.46. The average Bonchev–Trinajstić information content (AvgIpc) is 3.02. The Kier molecular flexibility index (Phi) is 3.65. The van der Waals surface area contributed by atoms with Crippen LogP contribution < -0.4 is 5.43 Å². The van der Waals surface area contributed by atoms with Crippen LogP contribution in [-0.2, 0) is 19.1 Å². The molecule has 1 N–H and O–H groups in total. The Morgan fingerprint density at radius 3 is 2.67 bits per heavy atom. The van der Waals surface area contributed by atoms with Crippen LogP contribution in [0.5, 0.6) is 0 Å². The third-order valence-electron chi connectivity index (χ3n) is 4.38. The fourth-order valence-electron chi connectivity index (χ4n) is 3.38. The van der Waals surface area contributed by atoms with Crippen molar-refractivity contribution in [3.8, 4) is 0 Å². The van der Waals surface area contributed by atoms with Crippen LogP contribution >= 0.6 is 0 Å². The molecule has 2 heterocycles. The maximum Gasteiger partial charge on any atom is 0.355 e. The minimum absolute atomic E-state index is 0.0264. The summed E-state index contributed by atoms with van der Waals surface area (Å²) in [5.41, 5.74) is 2.66. The van der Waals surface area contributed by atoms with E-state index in [0.717, 1.165) is 32.1 Å². The molecule has 0 aromatic heterocycles. The van der Waals surface area contributed by atoms with E-state index in [2.05, 4.69) is 10.5 Å². The van der Waals surface area contributed by atoms with Crippen molar-refractivity contribution in [2.45, 2.75) is 51.1 Å². The van der Waals surface area contributed by atoms with Gasteiger partial charge in [0.25, 0.3) is 5.91 Å². The summed E-state index contributed by atoms with van der Waals surface area (Å²) in [7, 11) is 0. The van der Waals surface area contributed by atoms with E-state index in [0.29, 0.717) is 0 Å². The fraction of sp³-hybridized carbons (Fsp3) is 0.714. The van der Waals surface area contributed by atoms with E-state index in [-0.39, 0.29) is 30.2 Å². The zero-order valence-corrected chi connectivity index (χ0v) is 12.0. The molecule has 21 heavy (non-hydrogen) atoms. The van der Waals surface area contributed by atoms with Crippen molar-refractivity contribution >= 4 is 23.5 Å². The quantitative estimate of drug-likeness (QED) is 0.593. The Hall–Kier alpha value is -1.92. The molecule has 7 nitrogen and oxygen atoms in total. The molecular weight excluding hydrogens is 274 g/mol. The number of ether oxygens (including phenoxy) is 1. The molecule has 3 rings (SSSR count). The highest BCUT2D eigenvalue weighted by molar-refractivity contribution is 6.44. The van der Waals surface area contributed by atoms with Crippen molar-refractivity contribution in [1.82, 2.24) is 10.3 Å². The molecule has 2 amide bonds. The van der Waals surface area contributed by atoms with Gasteiger partial charge in [0.05, 0.1) is 6.61 Å². The molecule has 0 aromatic rings. The van der Waals surface area contributed by atoms with E-state index in [1.165, 1.54) is 4.90 Å². The maximum atomic E-state index is 12.6. The van der Waals surface area contributed by atoms with Gasteiger partial charge in [0.15, 0.2) is 5.71 Å². The highest BCUT2D eigenvalue weighted by Gasteiger charge is 2.56. The van der Waals surface area contributed by atoms with Crippen molar-refractivity contribution in [3.05, 3.63) is 0 Å². The Bertz CT molecular complexity index is 510. The van der Waals surface area contributed by atoms with Gasteiger partial charge in [-0.2, -0.15) is 5.10 Å². The molecule has 7 heteroatoms. The first-order chi connectivity index (χ1) is 10.1. The second-order valence-corrected chi connectivity index (χ2v) is 5.64. The number of nitrogens with one attached hydrogen (secondary N) is 1. The molecule has 2 atom stereocenters. The van der Waals surface area contributed by atoms with E-state index in [4.69, 9.17) is 4.74 Å². The van der Waals surface area contributed by atoms with Crippen LogP contribution in [0.1, 0.15) is 39.0 Å². The number of amides is 2. The summed E-state index contributed by atoms with van der Waals surface area (Å²) < 4.78 is 4.91. The van der Waals surface area contributed by atoms with Gasteiger partial charge in [-0.1, -0.05) is 19.3 Å². The molecule has 0 aromatic carbocycles. The molecule has 1 saturated carbocycles. The van der Waals surface area contributed by atoms with Gasteiger partial charge in [0.1, 0.15) is 12.0 Å². The number of hydrogen-bond donors (Lipinski definition) is 1. The Balaban J connectivity index is 1.80. The third-order valence-corrected chi connectivity index (χ3v) is 4.38. The van der Waals surface area contributed by atoms with Crippen molar-refractivity contribution in [3.63, 3.8) is 0 Å². The largest absolute Gasteiger partial charge is 0.461 e. The lowest BCUT2D eigenvalue weighted by Gasteiger charge is -2.30. The summed E-state index contributed by atoms with van der Waals surface area (Å²) in [6, 6.07) is -0.770. The first-order valence-electron chi connectivity index (χ1n) is 7.52. The number of likely N-dealkylation sites (tertiary alicyclic amines) is 1. The molecule has 0 bridgehead atoms. The zero-order valence-electron chi connectivity index (χ0n) is 12.0. The van der Waals surface area contributed by atoms with Gasteiger partial charge in [-0.15, -0.1) is 0 Å². The van der Waals surface area contributed by atoms with Gasteiger partial charge in [-0.05, 0) is 19.8 Å². The molecule has 0 spiro atoms. The minimum Gasteiger partial charge on any atom is -0.461 e.